The van der Waals surface area contributed by atoms with Crippen molar-refractivity contribution in [1.82, 2.24) is 0 Å². The Morgan fingerprint density at radius 2 is 1.26 bits per heavy atom. The molecule has 1 nitrogen and oxygen atoms in total. The highest BCUT2D eigenvalue weighted by atomic mass is 19.1. The lowest BCUT2D eigenvalue weighted by Crippen LogP contribution is -2.23. The number of anilines is 1. The number of rotatable bonds is 5. The van der Waals surface area contributed by atoms with Gasteiger partial charge in [0.1, 0.15) is 5.82 Å². The van der Waals surface area contributed by atoms with Crippen LogP contribution in [0, 0.1) is 12.7 Å². The second-order valence-electron chi connectivity index (χ2n) is 5.78. The van der Waals surface area contributed by atoms with Crippen LogP contribution in [0.25, 0.3) is 0 Å². The van der Waals surface area contributed by atoms with Crippen LogP contribution in [0.2, 0.25) is 0 Å². The lowest BCUT2D eigenvalue weighted by Gasteiger charge is -2.26. The van der Waals surface area contributed by atoms with E-state index in [4.69, 9.17) is 0 Å². The molecule has 0 aliphatic heterocycles. The molecule has 3 rings (SSSR count). The summed E-state index contributed by atoms with van der Waals surface area (Å²) >= 11 is 0. The molecule has 0 saturated carbocycles. The van der Waals surface area contributed by atoms with Crippen molar-refractivity contribution in [3.63, 3.8) is 0 Å². The SMILES string of the molecule is Cc1ccc(N(Cc2ccccc2)Cc2ccccc2)c(F)c1. The Morgan fingerprint density at radius 1 is 0.739 bits per heavy atom. The number of nitrogens with zero attached hydrogens (tertiary/aromatic N) is 1. The molecule has 0 heterocycles. The first kappa shape index (κ1) is 15.3. The molecular formula is C21H20FN. The fourth-order valence-corrected chi connectivity index (χ4v) is 2.70. The summed E-state index contributed by atoms with van der Waals surface area (Å²) in [7, 11) is 0. The molecule has 0 atom stereocenters. The average molecular weight is 305 g/mol. The summed E-state index contributed by atoms with van der Waals surface area (Å²) < 4.78 is 14.5. The van der Waals surface area contributed by atoms with Gasteiger partial charge in [0.05, 0.1) is 5.69 Å². The van der Waals surface area contributed by atoms with E-state index in [0.717, 1.165) is 5.56 Å². The summed E-state index contributed by atoms with van der Waals surface area (Å²) in [5.74, 6) is -0.170. The van der Waals surface area contributed by atoms with Crippen molar-refractivity contribution < 1.29 is 4.39 Å². The molecule has 3 aromatic rings. The average Bonchev–Trinajstić information content (AvgIpc) is 2.56. The van der Waals surface area contributed by atoms with Gasteiger partial charge in [0, 0.05) is 13.1 Å². The fourth-order valence-electron chi connectivity index (χ4n) is 2.70. The third-order valence-corrected chi connectivity index (χ3v) is 3.88. The molecule has 0 aliphatic rings. The zero-order valence-corrected chi connectivity index (χ0v) is 13.2. The fraction of sp³-hybridized carbons (Fsp3) is 0.143. The van der Waals surface area contributed by atoms with Crippen LogP contribution in [0.1, 0.15) is 16.7 Å². The van der Waals surface area contributed by atoms with Crippen LogP contribution in [0.4, 0.5) is 10.1 Å². The number of hydrogen-bond acceptors (Lipinski definition) is 1. The zero-order chi connectivity index (χ0) is 16.1. The van der Waals surface area contributed by atoms with Crippen molar-refractivity contribution in [2.45, 2.75) is 20.0 Å². The van der Waals surface area contributed by atoms with Crippen LogP contribution in [-0.4, -0.2) is 0 Å². The first-order valence-electron chi connectivity index (χ1n) is 7.81. The molecule has 23 heavy (non-hydrogen) atoms. The van der Waals surface area contributed by atoms with E-state index in [-0.39, 0.29) is 5.82 Å². The minimum Gasteiger partial charge on any atom is -0.361 e. The molecule has 0 saturated heterocycles. The van der Waals surface area contributed by atoms with Crippen molar-refractivity contribution in [3.8, 4) is 0 Å². The number of halogens is 1. The quantitative estimate of drug-likeness (QED) is 0.615. The predicted octanol–water partition coefficient (Wildman–Crippen LogP) is 5.34. The highest BCUT2D eigenvalue weighted by Gasteiger charge is 2.13. The molecule has 0 aliphatic carbocycles. The van der Waals surface area contributed by atoms with Gasteiger partial charge in [0.15, 0.2) is 0 Å². The molecule has 0 unspecified atom stereocenters. The third kappa shape index (κ3) is 3.98. The highest BCUT2D eigenvalue weighted by Crippen LogP contribution is 2.24. The van der Waals surface area contributed by atoms with Crippen LogP contribution >= 0.6 is 0 Å². The molecule has 116 valence electrons. The van der Waals surface area contributed by atoms with Gasteiger partial charge in [-0.05, 0) is 35.7 Å². The van der Waals surface area contributed by atoms with Crippen LogP contribution in [0.3, 0.4) is 0 Å². The smallest absolute Gasteiger partial charge is 0.146 e. The van der Waals surface area contributed by atoms with Gasteiger partial charge in [0.2, 0.25) is 0 Å². The Kier molecular flexibility index (Phi) is 4.72. The van der Waals surface area contributed by atoms with Gasteiger partial charge in [0.25, 0.3) is 0 Å². The molecule has 2 heteroatoms. The predicted molar refractivity (Wildman–Crippen MR) is 93.9 cm³/mol. The van der Waals surface area contributed by atoms with E-state index < -0.39 is 0 Å². The molecule has 0 fully saturated rings. The standard InChI is InChI=1S/C21H20FN/c1-17-12-13-21(20(22)14-17)23(15-18-8-4-2-5-9-18)16-19-10-6-3-7-11-19/h2-14H,15-16H2,1H3. The highest BCUT2D eigenvalue weighted by molar-refractivity contribution is 5.50. The van der Waals surface area contributed by atoms with Crippen LogP contribution < -0.4 is 4.90 Å². The van der Waals surface area contributed by atoms with Crippen molar-refractivity contribution in [1.29, 1.82) is 0 Å². The van der Waals surface area contributed by atoms with E-state index in [2.05, 4.69) is 29.2 Å². The lowest BCUT2D eigenvalue weighted by atomic mass is 10.1. The minimum absolute atomic E-state index is 0.170. The van der Waals surface area contributed by atoms with Gasteiger partial charge in [-0.2, -0.15) is 0 Å². The monoisotopic (exact) mass is 305 g/mol. The van der Waals surface area contributed by atoms with Crippen molar-refractivity contribution in [2.75, 3.05) is 4.90 Å². The summed E-state index contributed by atoms with van der Waals surface area (Å²) in [4.78, 5) is 2.08. The first-order chi connectivity index (χ1) is 11.2. The molecular weight excluding hydrogens is 285 g/mol. The van der Waals surface area contributed by atoms with Crippen LogP contribution in [0.5, 0.6) is 0 Å². The number of hydrogen-bond donors (Lipinski definition) is 0. The normalized spacial score (nSPS) is 10.5. The number of benzene rings is 3. The minimum atomic E-state index is -0.170. The molecule has 0 amide bonds. The van der Waals surface area contributed by atoms with Gasteiger partial charge in [-0.15, -0.1) is 0 Å². The van der Waals surface area contributed by atoms with E-state index in [1.54, 1.807) is 6.07 Å². The third-order valence-electron chi connectivity index (χ3n) is 3.88. The maximum atomic E-state index is 14.5. The van der Waals surface area contributed by atoms with Crippen molar-refractivity contribution >= 4 is 5.69 Å². The largest absolute Gasteiger partial charge is 0.361 e. The Bertz CT molecular complexity index is 712. The van der Waals surface area contributed by atoms with E-state index in [1.807, 2.05) is 55.5 Å². The maximum absolute atomic E-state index is 14.5. The molecule has 0 radical (unpaired) electrons. The Balaban J connectivity index is 1.92. The van der Waals surface area contributed by atoms with Crippen molar-refractivity contribution in [3.05, 3.63) is 101 Å². The van der Waals surface area contributed by atoms with E-state index in [9.17, 15) is 4.39 Å². The first-order valence-corrected chi connectivity index (χ1v) is 7.81. The molecule has 0 aromatic heterocycles. The Morgan fingerprint density at radius 3 is 1.74 bits per heavy atom. The van der Waals surface area contributed by atoms with Gasteiger partial charge < -0.3 is 4.90 Å². The summed E-state index contributed by atoms with van der Waals surface area (Å²) in [5.41, 5.74) is 3.92. The second kappa shape index (κ2) is 7.10. The van der Waals surface area contributed by atoms with E-state index in [1.165, 1.54) is 11.1 Å². The van der Waals surface area contributed by atoms with Crippen LogP contribution in [-0.2, 0) is 13.1 Å². The van der Waals surface area contributed by atoms with E-state index in [0.29, 0.717) is 18.8 Å². The molecule has 0 N–H and O–H groups in total. The van der Waals surface area contributed by atoms with Gasteiger partial charge in [-0.1, -0.05) is 66.7 Å². The zero-order valence-electron chi connectivity index (χ0n) is 13.2. The summed E-state index contributed by atoms with van der Waals surface area (Å²) in [6.07, 6.45) is 0. The number of aryl methyl sites for hydroxylation is 1. The summed E-state index contributed by atoms with van der Waals surface area (Å²) in [6.45, 7) is 3.26. The molecule has 0 bridgehead atoms. The Hall–Kier alpha value is -2.61. The molecule has 3 aromatic carbocycles. The lowest BCUT2D eigenvalue weighted by molar-refractivity contribution is 0.614. The topological polar surface area (TPSA) is 3.24 Å². The maximum Gasteiger partial charge on any atom is 0.146 e. The van der Waals surface area contributed by atoms with Crippen LogP contribution in [0.15, 0.2) is 78.9 Å². The summed E-state index contributed by atoms with van der Waals surface area (Å²) in [5, 5.41) is 0. The van der Waals surface area contributed by atoms with E-state index >= 15 is 0 Å². The molecule has 0 spiro atoms. The van der Waals surface area contributed by atoms with Gasteiger partial charge >= 0.3 is 0 Å². The van der Waals surface area contributed by atoms with Gasteiger partial charge in [-0.3, -0.25) is 0 Å². The second-order valence-corrected chi connectivity index (χ2v) is 5.78. The Labute approximate surface area is 137 Å². The van der Waals surface area contributed by atoms with Gasteiger partial charge in [-0.25, -0.2) is 4.39 Å². The summed E-state index contributed by atoms with van der Waals surface area (Å²) in [6, 6.07) is 25.8. The van der Waals surface area contributed by atoms with Crippen molar-refractivity contribution in [2.24, 2.45) is 0 Å².